The van der Waals surface area contributed by atoms with Crippen molar-refractivity contribution in [2.45, 2.75) is 13.0 Å². The number of benzene rings is 2. The Labute approximate surface area is 127 Å². The topological polar surface area (TPSA) is 45.0 Å². The molecule has 1 unspecified atom stereocenters. The molecule has 2 aromatic rings. The van der Waals surface area contributed by atoms with Crippen LogP contribution in [0.3, 0.4) is 0 Å². The smallest absolute Gasteiger partial charge is 0.141 e. The fraction of sp³-hybridized carbons (Fsp3) is 0.188. The lowest BCUT2D eigenvalue weighted by Crippen LogP contribution is -2.10. The number of rotatable bonds is 4. The first-order chi connectivity index (χ1) is 9.65. The standard InChI is InChI=1S/C16H15BrN2O/c1-11-7-8-12(13(17)9-11)15(10-18)19-14-5-3-4-6-16(14)20-2/h3-9,15,19H,1-2H3. The molecular formula is C16H15BrN2O. The Morgan fingerprint density at radius 3 is 2.65 bits per heavy atom. The largest absolute Gasteiger partial charge is 0.495 e. The number of nitriles is 1. The molecule has 3 nitrogen and oxygen atoms in total. The number of para-hydroxylation sites is 2. The van der Waals surface area contributed by atoms with E-state index in [1.807, 2.05) is 49.4 Å². The van der Waals surface area contributed by atoms with Gasteiger partial charge in [0, 0.05) is 10.0 Å². The van der Waals surface area contributed by atoms with E-state index in [1.165, 1.54) is 0 Å². The van der Waals surface area contributed by atoms with Gasteiger partial charge in [-0.15, -0.1) is 0 Å². The third-order valence-corrected chi connectivity index (χ3v) is 3.69. The Kier molecular flexibility index (Phi) is 4.65. The zero-order chi connectivity index (χ0) is 14.5. The van der Waals surface area contributed by atoms with Gasteiger partial charge in [-0.3, -0.25) is 0 Å². The summed E-state index contributed by atoms with van der Waals surface area (Å²) in [7, 11) is 1.61. The van der Waals surface area contributed by atoms with Gasteiger partial charge in [0.2, 0.25) is 0 Å². The average Bonchev–Trinajstić information content (AvgIpc) is 2.46. The van der Waals surface area contributed by atoms with Crippen molar-refractivity contribution in [1.82, 2.24) is 0 Å². The fourth-order valence-corrected chi connectivity index (χ4v) is 2.69. The molecule has 0 fully saturated rings. The second-order valence-electron chi connectivity index (χ2n) is 4.43. The highest BCUT2D eigenvalue weighted by molar-refractivity contribution is 9.10. The van der Waals surface area contributed by atoms with Gasteiger partial charge in [-0.2, -0.15) is 5.26 Å². The molecule has 0 bridgehead atoms. The highest BCUT2D eigenvalue weighted by atomic mass is 79.9. The summed E-state index contributed by atoms with van der Waals surface area (Å²) in [5, 5.41) is 12.6. The average molecular weight is 331 g/mol. The van der Waals surface area contributed by atoms with Crippen LogP contribution in [0.5, 0.6) is 5.75 Å². The molecular weight excluding hydrogens is 316 g/mol. The van der Waals surface area contributed by atoms with Gasteiger partial charge in [-0.05, 0) is 30.7 Å². The molecule has 0 aromatic heterocycles. The van der Waals surface area contributed by atoms with Crippen LogP contribution in [0.2, 0.25) is 0 Å². The van der Waals surface area contributed by atoms with Gasteiger partial charge in [0.25, 0.3) is 0 Å². The van der Waals surface area contributed by atoms with Crippen LogP contribution in [0.25, 0.3) is 0 Å². The number of anilines is 1. The Bertz CT molecular complexity index is 649. The predicted octanol–water partition coefficient (Wildman–Crippen LogP) is 4.44. The van der Waals surface area contributed by atoms with Crippen molar-refractivity contribution in [3.63, 3.8) is 0 Å². The summed E-state index contributed by atoms with van der Waals surface area (Å²) < 4.78 is 6.21. The predicted molar refractivity (Wildman–Crippen MR) is 83.8 cm³/mol. The zero-order valence-electron chi connectivity index (χ0n) is 11.4. The minimum absolute atomic E-state index is 0.443. The first-order valence-corrected chi connectivity index (χ1v) is 7.00. The van der Waals surface area contributed by atoms with Crippen molar-refractivity contribution >= 4 is 21.6 Å². The molecule has 102 valence electrons. The monoisotopic (exact) mass is 330 g/mol. The van der Waals surface area contributed by atoms with Crippen molar-refractivity contribution in [3.8, 4) is 11.8 Å². The van der Waals surface area contributed by atoms with Crippen LogP contribution in [-0.2, 0) is 0 Å². The highest BCUT2D eigenvalue weighted by Gasteiger charge is 2.15. The van der Waals surface area contributed by atoms with Gasteiger partial charge in [0.15, 0.2) is 0 Å². The molecule has 20 heavy (non-hydrogen) atoms. The zero-order valence-corrected chi connectivity index (χ0v) is 12.9. The van der Waals surface area contributed by atoms with E-state index in [-0.39, 0.29) is 0 Å². The van der Waals surface area contributed by atoms with Gasteiger partial charge in [-0.1, -0.05) is 40.2 Å². The minimum atomic E-state index is -0.443. The maximum Gasteiger partial charge on any atom is 0.141 e. The Morgan fingerprint density at radius 1 is 1.25 bits per heavy atom. The summed E-state index contributed by atoms with van der Waals surface area (Å²) in [6.45, 7) is 2.02. The normalized spacial score (nSPS) is 11.5. The van der Waals surface area contributed by atoms with Crippen molar-refractivity contribution in [2.24, 2.45) is 0 Å². The first-order valence-electron chi connectivity index (χ1n) is 6.21. The molecule has 0 spiro atoms. The van der Waals surface area contributed by atoms with E-state index < -0.39 is 6.04 Å². The van der Waals surface area contributed by atoms with E-state index in [4.69, 9.17) is 4.74 Å². The van der Waals surface area contributed by atoms with Crippen LogP contribution in [-0.4, -0.2) is 7.11 Å². The summed E-state index contributed by atoms with van der Waals surface area (Å²) in [6, 6.07) is 15.3. The number of aryl methyl sites for hydroxylation is 1. The number of halogens is 1. The van der Waals surface area contributed by atoms with Crippen molar-refractivity contribution in [2.75, 3.05) is 12.4 Å². The maximum atomic E-state index is 9.42. The van der Waals surface area contributed by atoms with Crippen molar-refractivity contribution < 1.29 is 4.74 Å². The van der Waals surface area contributed by atoms with Gasteiger partial charge in [0.1, 0.15) is 11.8 Å². The second-order valence-corrected chi connectivity index (χ2v) is 5.29. The quantitative estimate of drug-likeness (QED) is 0.901. The van der Waals surface area contributed by atoms with E-state index in [1.54, 1.807) is 7.11 Å². The van der Waals surface area contributed by atoms with E-state index >= 15 is 0 Å². The molecule has 0 amide bonds. The molecule has 0 heterocycles. The summed E-state index contributed by atoms with van der Waals surface area (Å²) >= 11 is 3.52. The number of nitrogens with one attached hydrogen (secondary N) is 1. The minimum Gasteiger partial charge on any atom is -0.495 e. The molecule has 0 saturated carbocycles. The van der Waals surface area contributed by atoms with Crippen molar-refractivity contribution in [3.05, 3.63) is 58.1 Å². The Morgan fingerprint density at radius 2 is 2.00 bits per heavy atom. The summed E-state index contributed by atoms with van der Waals surface area (Å²) in [4.78, 5) is 0. The summed E-state index contributed by atoms with van der Waals surface area (Å²) in [6.07, 6.45) is 0. The molecule has 0 saturated heterocycles. The summed E-state index contributed by atoms with van der Waals surface area (Å²) in [5.74, 6) is 0.719. The van der Waals surface area contributed by atoms with Crippen LogP contribution in [0, 0.1) is 18.3 Å². The molecule has 0 aliphatic carbocycles. The van der Waals surface area contributed by atoms with E-state index in [9.17, 15) is 5.26 Å². The van der Waals surface area contributed by atoms with Crippen LogP contribution in [0.15, 0.2) is 46.9 Å². The fourth-order valence-electron chi connectivity index (χ4n) is 1.97. The van der Waals surface area contributed by atoms with Gasteiger partial charge in [-0.25, -0.2) is 0 Å². The molecule has 0 aliphatic rings. The summed E-state index contributed by atoms with van der Waals surface area (Å²) in [5.41, 5.74) is 2.85. The molecule has 4 heteroatoms. The van der Waals surface area contributed by atoms with Gasteiger partial charge in [0.05, 0.1) is 18.9 Å². The molecule has 0 radical (unpaired) electrons. The molecule has 2 aromatic carbocycles. The Hall–Kier alpha value is -1.99. The first kappa shape index (κ1) is 14.4. The molecule has 0 aliphatic heterocycles. The number of nitrogens with zero attached hydrogens (tertiary/aromatic N) is 1. The highest BCUT2D eigenvalue weighted by Crippen LogP contribution is 2.31. The number of hydrogen-bond donors (Lipinski definition) is 1. The third-order valence-electron chi connectivity index (χ3n) is 3.00. The second kappa shape index (κ2) is 6.44. The maximum absolute atomic E-state index is 9.42. The molecule has 1 atom stereocenters. The van der Waals surface area contributed by atoms with Crippen LogP contribution < -0.4 is 10.1 Å². The van der Waals surface area contributed by atoms with E-state index in [2.05, 4.69) is 27.3 Å². The molecule has 1 N–H and O–H groups in total. The number of hydrogen-bond acceptors (Lipinski definition) is 3. The van der Waals surface area contributed by atoms with Crippen LogP contribution >= 0.6 is 15.9 Å². The molecule has 2 rings (SSSR count). The van der Waals surface area contributed by atoms with E-state index in [0.29, 0.717) is 0 Å². The SMILES string of the molecule is COc1ccccc1NC(C#N)c1ccc(C)cc1Br. The Balaban J connectivity index is 2.32. The van der Waals surface area contributed by atoms with Gasteiger partial charge < -0.3 is 10.1 Å². The number of methoxy groups -OCH3 is 1. The third kappa shape index (κ3) is 3.12. The van der Waals surface area contributed by atoms with Crippen molar-refractivity contribution in [1.29, 1.82) is 5.26 Å². The van der Waals surface area contributed by atoms with Crippen LogP contribution in [0.1, 0.15) is 17.2 Å². The van der Waals surface area contributed by atoms with Crippen LogP contribution in [0.4, 0.5) is 5.69 Å². The lowest BCUT2D eigenvalue weighted by molar-refractivity contribution is 0.416. The lowest BCUT2D eigenvalue weighted by Gasteiger charge is -2.17. The van der Waals surface area contributed by atoms with E-state index in [0.717, 1.165) is 27.0 Å². The lowest BCUT2D eigenvalue weighted by atomic mass is 10.1. The number of ether oxygens (including phenoxy) is 1. The van der Waals surface area contributed by atoms with Gasteiger partial charge >= 0.3 is 0 Å².